The highest BCUT2D eigenvalue weighted by molar-refractivity contribution is 6.11. The Morgan fingerprint density at radius 3 is 2.55 bits per heavy atom. The summed E-state index contributed by atoms with van der Waals surface area (Å²) in [5.74, 6) is 1.15. The molecule has 3 heterocycles. The molecule has 3 aromatic rings. The van der Waals surface area contributed by atoms with Crippen LogP contribution in [0.3, 0.4) is 0 Å². The van der Waals surface area contributed by atoms with Crippen LogP contribution in [0, 0.1) is 0 Å². The van der Waals surface area contributed by atoms with Crippen LogP contribution < -0.4 is 19.5 Å². The van der Waals surface area contributed by atoms with Gasteiger partial charge in [0.15, 0.2) is 17.0 Å². The number of hydrogen-bond donors (Lipinski definition) is 2. The molecule has 1 aromatic heterocycles. The fourth-order valence-electron chi connectivity index (χ4n) is 5.54. The van der Waals surface area contributed by atoms with E-state index in [0.717, 1.165) is 32.7 Å². The molecular weight excluding hydrogens is 488 g/mol. The SMILES string of the molecule is COc1ccc2[nH]c3c(c2c1)CCN1C(=O)N([C@@H](C)C(=O)NCCc2ccc(OC)c(OC)c2)C(=O)[C@]31C. The number of hydrogen-bond acceptors (Lipinski definition) is 6. The van der Waals surface area contributed by atoms with Gasteiger partial charge in [0.25, 0.3) is 5.91 Å². The summed E-state index contributed by atoms with van der Waals surface area (Å²) < 4.78 is 16.0. The van der Waals surface area contributed by atoms with E-state index in [4.69, 9.17) is 14.2 Å². The first-order valence-corrected chi connectivity index (χ1v) is 12.6. The number of nitrogens with one attached hydrogen (secondary N) is 2. The van der Waals surface area contributed by atoms with Crippen LogP contribution in [0.25, 0.3) is 10.9 Å². The topological polar surface area (TPSA) is 113 Å². The number of carbonyl (C=O) groups excluding carboxylic acids is 3. The maximum atomic E-state index is 13.8. The number of urea groups is 1. The number of benzene rings is 2. The minimum absolute atomic E-state index is 0.337. The van der Waals surface area contributed by atoms with E-state index in [-0.39, 0.29) is 0 Å². The summed E-state index contributed by atoms with van der Waals surface area (Å²) in [4.78, 5) is 46.4. The minimum atomic E-state index is -1.22. The Kier molecular flexibility index (Phi) is 6.42. The molecule has 0 bridgehead atoms. The lowest BCUT2D eigenvalue weighted by Crippen LogP contribution is -2.50. The van der Waals surface area contributed by atoms with E-state index >= 15 is 0 Å². The van der Waals surface area contributed by atoms with Gasteiger partial charge in [-0.1, -0.05) is 6.07 Å². The zero-order chi connectivity index (χ0) is 27.2. The summed E-state index contributed by atoms with van der Waals surface area (Å²) in [6, 6.07) is 9.85. The number of amides is 4. The number of fused-ring (bicyclic) bond motifs is 5. The molecule has 5 rings (SSSR count). The number of nitrogens with zero attached hydrogens (tertiary/aromatic N) is 2. The van der Waals surface area contributed by atoms with Gasteiger partial charge in [0.2, 0.25) is 5.91 Å². The quantitative estimate of drug-likeness (QED) is 0.442. The molecule has 4 amide bonds. The van der Waals surface area contributed by atoms with E-state index in [0.29, 0.717) is 43.1 Å². The molecule has 2 aliphatic heterocycles. The maximum Gasteiger partial charge on any atom is 0.328 e. The molecule has 0 spiro atoms. The summed E-state index contributed by atoms with van der Waals surface area (Å²) in [6.45, 7) is 4.05. The number of ether oxygens (including phenoxy) is 3. The molecule has 0 radical (unpaired) electrons. The molecule has 38 heavy (non-hydrogen) atoms. The van der Waals surface area contributed by atoms with Crippen molar-refractivity contribution in [1.29, 1.82) is 0 Å². The Bertz CT molecular complexity index is 1430. The molecule has 1 fully saturated rings. The first-order chi connectivity index (χ1) is 18.2. The molecule has 200 valence electrons. The third kappa shape index (κ3) is 3.82. The lowest BCUT2D eigenvalue weighted by atomic mass is 9.87. The number of rotatable bonds is 8. The largest absolute Gasteiger partial charge is 0.497 e. The average Bonchev–Trinajstić information content (AvgIpc) is 3.40. The van der Waals surface area contributed by atoms with E-state index in [9.17, 15) is 14.4 Å². The van der Waals surface area contributed by atoms with Crippen molar-refractivity contribution in [2.24, 2.45) is 0 Å². The third-order valence-electron chi connectivity index (χ3n) is 7.73. The lowest BCUT2D eigenvalue weighted by Gasteiger charge is -2.36. The Labute approximate surface area is 220 Å². The van der Waals surface area contributed by atoms with E-state index < -0.39 is 29.4 Å². The highest BCUT2D eigenvalue weighted by Crippen LogP contribution is 2.45. The van der Waals surface area contributed by atoms with Crippen LogP contribution in [-0.2, 0) is 28.0 Å². The van der Waals surface area contributed by atoms with Crippen molar-refractivity contribution < 1.29 is 28.6 Å². The normalized spacial score (nSPS) is 19.3. The second-order valence-corrected chi connectivity index (χ2v) is 9.73. The van der Waals surface area contributed by atoms with Crippen LogP contribution in [0.2, 0.25) is 0 Å². The monoisotopic (exact) mass is 520 g/mol. The van der Waals surface area contributed by atoms with E-state index in [1.54, 1.807) is 40.1 Å². The van der Waals surface area contributed by atoms with Gasteiger partial charge in [0, 0.05) is 24.0 Å². The van der Waals surface area contributed by atoms with Gasteiger partial charge in [0.1, 0.15) is 11.8 Å². The predicted octanol–water partition coefficient (Wildman–Crippen LogP) is 2.98. The third-order valence-corrected chi connectivity index (χ3v) is 7.73. The van der Waals surface area contributed by atoms with Crippen molar-refractivity contribution in [2.45, 2.75) is 38.3 Å². The first kappa shape index (κ1) is 25.4. The number of aromatic amines is 1. The van der Waals surface area contributed by atoms with Crippen molar-refractivity contribution in [3.05, 3.63) is 53.2 Å². The van der Waals surface area contributed by atoms with Gasteiger partial charge >= 0.3 is 6.03 Å². The zero-order valence-electron chi connectivity index (χ0n) is 22.2. The maximum absolute atomic E-state index is 13.8. The number of methoxy groups -OCH3 is 3. The van der Waals surface area contributed by atoms with Crippen molar-refractivity contribution in [1.82, 2.24) is 20.1 Å². The van der Waals surface area contributed by atoms with Gasteiger partial charge in [-0.2, -0.15) is 0 Å². The van der Waals surface area contributed by atoms with Crippen LogP contribution in [0.1, 0.15) is 30.7 Å². The molecule has 1 saturated heterocycles. The van der Waals surface area contributed by atoms with Crippen molar-refractivity contribution in [2.75, 3.05) is 34.4 Å². The van der Waals surface area contributed by atoms with Gasteiger partial charge in [-0.25, -0.2) is 9.69 Å². The van der Waals surface area contributed by atoms with Crippen molar-refractivity contribution in [3.8, 4) is 17.2 Å². The summed E-state index contributed by atoms with van der Waals surface area (Å²) in [6.07, 6.45) is 1.14. The Morgan fingerprint density at radius 1 is 1.08 bits per heavy atom. The van der Waals surface area contributed by atoms with Gasteiger partial charge in [-0.15, -0.1) is 0 Å². The molecule has 10 heteroatoms. The van der Waals surface area contributed by atoms with Gasteiger partial charge < -0.3 is 29.4 Å². The van der Waals surface area contributed by atoms with Crippen LogP contribution in [-0.4, -0.2) is 73.1 Å². The van der Waals surface area contributed by atoms with E-state index in [1.807, 2.05) is 36.4 Å². The number of carbonyl (C=O) groups is 3. The summed E-state index contributed by atoms with van der Waals surface area (Å²) in [7, 11) is 4.75. The Morgan fingerprint density at radius 2 is 1.84 bits per heavy atom. The molecule has 0 unspecified atom stereocenters. The Hall–Kier alpha value is -4.21. The van der Waals surface area contributed by atoms with Gasteiger partial charge in [0.05, 0.1) is 27.0 Å². The fraction of sp³-hybridized carbons (Fsp3) is 0.393. The first-order valence-electron chi connectivity index (χ1n) is 12.6. The van der Waals surface area contributed by atoms with Gasteiger partial charge in [-0.05, 0) is 68.1 Å². The van der Waals surface area contributed by atoms with Crippen LogP contribution >= 0.6 is 0 Å². The number of imide groups is 1. The molecule has 0 aliphatic carbocycles. The molecule has 2 aliphatic rings. The van der Waals surface area contributed by atoms with Crippen LogP contribution in [0.5, 0.6) is 17.2 Å². The highest BCUT2D eigenvalue weighted by atomic mass is 16.5. The molecule has 2 atom stereocenters. The number of H-pyrrole nitrogens is 1. The predicted molar refractivity (Wildman–Crippen MR) is 141 cm³/mol. The summed E-state index contributed by atoms with van der Waals surface area (Å²) in [5.41, 5.74) is 2.29. The van der Waals surface area contributed by atoms with Crippen LogP contribution in [0.4, 0.5) is 4.79 Å². The molecule has 10 nitrogen and oxygen atoms in total. The van der Waals surface area contributed by atoms with Gasteiger partial charge in [-0.3, -0.25) is 9.59 Å². The molecule has 2 N–H and O–H groups in total. The molecule has 0 saturated carbocycles. The molecular formula is C28H32N4O6. The average molecular weight is 521 g/mol. The summed E-state index contributed by atoms with van der Waals surface area (Å²) >= 11 is 0. The van der Waals surface area contributed by atoms with E-state index in [1.165, 1.54) is 0 Å². The smallest absolute Gasteiger partial charge is 0.328 e. The minimum Gasteiger partial charge on any atom is -0.497 e. The van der Waals surface area contributed by atoms with E-state index in [2.05, 4.69) is 10.3 Å². The second kappa shape index (κ2) is 9.59. The van der Waals surface area contributed by atoms with Crippen molar-refractivity contribution in [3.63, 3.8) is 0 Å². The lowest BCUT2D eigenvalue weighted by molar-refractivity contribution is -0.139. The second-order valence-electron chi connectivity index (χ2n) is 9.73. The molecule has 2 aromatic carbocycles. The highest BCUT2D eigenvalue weighted by Gasteiger charge is 2.60. The van der Waals surface area contributed by atoms with Crippen molar-refractivity contribution >= 4 is 28.7 Å². The van der Waals surface area contributed by atoms with Crippen LogP contribution in [0.15, 0.2) is 36.4 Å². The standard InChI is InChI=1S/C28H32N4O6/c1-16(25(33)29-12-10-17-6-9-22(37-4)23(14-17)38-5)32-26(34)28(2)24-19(11-13-31(28)27(32)35)20-15-18(36-3)7-8-21(20)30-24/h6-9,14-16,30H,10-13H2,1-5H3,(H,29,33)/t16-,28-/m0/s1. The number of aromatic nitrogens is 1. The fourth-order valence-corrected chi connectivity index (χ4v) is 5.54. The zero-order valence-corrected chi connectivity index (χ0v) is 22.2. The summed E-state index contributed by atoms with van der Waals surface area (Å²) in [5, 5.41) is 3.84. The Balaban J connectivity index is 1.33.